The normalized spacial score (nSPS) is 15.9. The Morgan fingerprint density at radius 1 is 1.07 bits per heavy atom. The fourth-order valence-corrected chi connectivity index (χ4v) is 3.99. The summed E-state index contributed by atoms with van der Waals surface area (Å²) in [6.45, 7) is 3.29. The Balaban J connectivity index is 1.56. The molecular formula is C23H32N3O+. The van der Waals surface area contributed by atoms with Crippen molar-refractivity contribution in [3.63, 3.8) is 0 Å². The second-order valence-electron chi connectivity index (χ2n) is 7.79. The third-order valence-corrected chi connectivity index (χ3v) is 5.53. The predicted octanol–water partition coefficient (Wildman–Crippen LogP) is 3.39. The zero-order valence-electron chi connectivity index (χ0n) is 16.6. The topological polar surface area (TPSA) is 45.6 Å². The van der Waals surface area contributed by atoms with Gasteiger partial charge in [-0.1, -0.05) is 36.8 Å². The van der Waals surface area contributed by atoms with Gasteiger partial charge < -0.3 is 15.5 Å². The molecule has 1 amide bonds. The van der Waals surface area contributed by atoms with E-state index in [0.29, 0.717) is 0 Å². The maximum atomic E-state index is 12.3. The molecule has 0 radical (unpaired) electrons. The lowest BCUT2D eigenvalue weighted by Crippen LogP contribution is -3.11. The summed E-state index contributed by atoms with van der Waals surface area (Å²) >= 11 is 0. The van der Waals surface area contributed by atoms with Crippen molar-refractivity contribution in [1.29, 1.82) is 0 Å². The number of carbonyl (C=O) groups is 1. The number of para-hydroxylation sites is 1. The number of carbonyl (C=O) groups excluding carboxylic acids is 1. The van der Waals surface area contributed by atoms with Gasteiger partial charge in [0.25, 0.3) is 0 Å². The van der Waals surface area contributed by atoms with Crippen LogP contribution in [0, 0.1) is 6.92 Å². The largest absolute Gasteiger partial charge is 0.376 e. The van der Waals surface area contributed by atoms with E-state index in [1.807, 2.05) is 37.3 Å². The standard InChI is InChI=1S/C23H31N3O/c1-18-9-8-11-20(15-18)25-23(27)16-24-22-14-7-6-10-19(22)17-26(2)21-12-4-3-5-13-21/h6-11,14-15,21,24H,3-5,12-13,16-17H2,1-2H3,(H,25,27)/p+1. The first-order valence-corrected chi connectivity index (χ1v) is 10.1. The number of nitrogens with one attached hydrogen (secondary N) is 3. The number of amides is 1. The predicted molar refractivity (Wildman–Crippen MR) is 112 cm³/mol. The molecule has 2 aromatic rings. The lowest BCUT2D eigenvalue weighted by Gasteiger charge is -2.28. The van der Waals surface area contributed by atoms with Crippen LogP contribution >= 0.6 is 0 Å². The summed E-state index contributed by atoms with van der Waals surface area (Å²) in [6.07, 6.45) is 6.78. The lowest BCUT2D eigenvalue weighted by atomic mass is 9.94. The summed E-state index contributed by atoms with van der Waals surface area (Å²) in [5, 5.41) is 6.29. The average Bonchev–Trinajstić information content (AvgIpc) is 2.68. The van der Waals surface area contributed by atoms with E-state index in [2.05, 4.69) is 35.9 Å². The first-order valence-electron chi connectivity index (χ1n) is 10.1. The molecule has 1 aliphatic carbocycles. The van der Waals surface area contributed by atoms with Gasteiger partial charge in [-0.05, 0) is 56.4 Å². The molecule has 0 aromatic heterocycles. The number of aryl methyl sites for hydroxylation is 1. The second-order valence-corrected chi connectivity index (χ2v) is 7.79. The summed E-state index contributed by atoms with van der Waals surface area (Å²) in [5.41, 5.74) is 4.33. The number of anilines is 2. The van der Waals surface area contributed by atoms with Gasteiger partial charge in [0.15, 0.2) is 0 Å². The molecule has 27 heavy (non-hydrogen) atoms. The summed E-state index contributed by atoms with van der Waals surface area (Å²) in [4.78, 5) is 13.9. The van der Waals surface area contributed by atoms with Crippen molar-refractivity contribution in [2.45, 2.75) is 51.6 Å². The van der Waals surface area contributed by atoms with Crippen LogP contribution in [-0.2, 0) is 11.3 Å². The second kappa shape index (κ2) is 9.56. The summed E-state index contributed by atoms with van der Waals surface area (Å²) in [5.74, 6) is -0.0246. The molecule has 0 bridgehead atoms. The van der Waals surface area contributed by atoms with Crippen LogP contribution in [0.4, 0.5) is 11.4 Å². The lowest BCUT2D eigenvalue weighted by molar-refractivity contribution is -0.921. The van der Waals surface area contributed by atoms with E-state index in [1.165, 1.54) is 37.7 Å². The van der Waals surface area contributed by atoms with E-state index >= 15 is 0 Å². The third-order valence-electron chi connectivity index (χ3n) is 5.53. The highest BCUT2D eigenvalue weighted by molar-refractivity contribution is 5.93. The van der Waals surface area contributed by atoms with Crippen molar-refractivity contribution < 1.29 is 9.69 Å². The van der Waals surface area contributed by atoms with Crippen LogP contribution in [0.3, 0.4) is 0 Å². The van der Waals surface area contributed by atoms with E-state index in [4.69, 9.17) is 0 Å². The summed E-state index contributed by atoms with van der Waals surface area (Å²) in [7, 11) is 2.30. The molecule has 1 saturated carbocycles. The fraction of sp³-hybridized carbons (Fsp3) is 0.435. The first kappa shape index (κ1) is 19.4. The molecule has 0 heterocycles. The van der Waals surface area contributed by atoms with Gasteiger partial charge in [0.1, 0.15) is 6.54 Å². The Morgan fingerprint density at radius 2 is 1.85 bits per heavy atom. The molecule has 3 N–H and O–H groups in total. The highest BCUT2D eigenvalue weighted by Crippen LogP contribution is 2.17. The summed E-state index contributed by atoms with van der Waals surface area (Å²) in [6, 6.07) is 17.0. The van der Waals surface area contributed by atoms with Crippen molar-refractivity contribution in [2.24, 2.45) is 0 Å². The summed E-state index contributed by atoms with van der Waals surface area (Å²) < 4.78 is 0. The van der Waals surface area contributed by atoms with Crippen LogP contribution in [0.15, 0.2) is 48.5 Å². The highest BCUT2D eigenvalue weighted by Gasteiger charge is 2.22. The molecule has 1 atom stereocenters. The van der Waals surface area contributed by atoms with Gasteiger partial charge in [0.05, 0.1) is 19.6 Å². The van der Waals surface area contributed by atoms with E-state index in [9.17, 15) is 4.79 Å². The van der Waals surface area contributed by atoms with Crippen LogP contribution in [-0.4, -0.2) is 25.5 Å². The van der Waals surface area contributed by atoms with Gasteiger partial charge in [-0.3, -0.25) is 4.79 Å². The minimum Gasteiger partial charge on any atom is -0.376 e. The molecule has 1 unspecified atom stereocenters. The SMILES string of the molecule is Cc1cccc(NC(=O)CNc2ccccc2C[NH+](C)C2CCCCC2)c1. The average molecular weight is 367 g/mol. The van der Waals surface area contributed by atoms with E-state index in [1.54, 1.807) is 4.90 Å². The van der Waals surface area contributed by atoms with E-state index in [0.717, 1.165) is 29.5 Å². The highest BCUT2D eigenvalue weighted by atomic mass is 16.1. The van der Waals surface area contributed by atoms with Crippen molar-refractivity contribution in [3.05, 3.63) is 59.7 Å². The molecule has 2 aromatic carbocycles. The van der Waals surface area contributed by atoms with Gasteiger partial charge in [-0.25, -0.2) is 0 Å². The van der Waals surface area contributed by atoms with Crippen LogP contribution in [0.5, 0.6) is 0 Å². The number of benzene rings is 2. The quantitative estimate of drug-likeness (QED) is 0.703. The van der Waals surface area contributed by atoms with Gasteiger partial charge in [-0.15, -0.1) is 0 Å². The minimum absolute atomic E-state index is 0.0246. The van der Waals surface area contributed by atoms with Gasteiger partial charge in [0, 0.05) is 16.9 Å². The molecule has 144 valence electrons. The Hall–Kier alpha value is -2.33. The number of rotatable bonds is 7. The molecule has 1 fully saturated rings. The van der Waals surface area contributed by atoms with Crippen molar-refractivity contribution >= 4 is 17.3 Å². The maximum absolute atomic E-state index is 12.3. The maximum Gasteiger partial charge on any atom is 0.243 e. The third kappa shape index (κ3) is 5.83. The molecule has 0 spiro atoms. The van der Waals surface area contributed by atoms with Gasteiger partial charge in [0.2, 0.25) is 5.91 Å². The zero-order chi connectivity index (χ0) is 19.1. The number of quaternary nitrogens is 1. The smallest absolute Gasteiger partial charge is 0.243 e. The van der Waals surface area contributed by atoms with Gasteiger partial charge in [-0.2, -0.15) is 0 Å². The van der Waals surface area contributed by atoms with Crippen LogP contribution in [0.1, 0.15) is 43.2 Å². The Morgan fingerprint density at radius 3 is 2.63 bits per heavy atom. The van der Waals surface area contributed by atoms with Crippen LogP contribution in [0.2, 0.25) is 0 Å². The van der Waals surface area contributed by atoms with E-state index in [-0.39, 0.29) is 12.5 Å². The zero-order valence-corrected chi connectivity index (χ0v) is 16.6. The Bertz CT molecular complexity index is 753. The fourth-order valence-electron chi connectivity index (χ4n) is 3.99. The Labute approximate surface area is 163 Å². The minimum atomic E-state index is -0.0246. The molecule has 4 nitrogen and oxygen atoms in total. The number of hydrogen-bond donors (Lipinski definition) is 3. The van der Waals surface area contributed by atoms with Crippen molar-refractivity contribution in [3.8, 4) is 0 Å². The van der Waals surface area contributed by atoms with Gasteiger partial charge >= 0.3 is 0 Å². The molecule has 1 aliphatic rings. The van der Waals surface area contributed by atoms with Crippen LogP contribution in [0.25, 0.3) is 0 Å². The molecule has 3 rings (SSSR count). The first-order chi connectivity index (χ1) is 13.1. The molecular weight excluding hydrogens is 334 g/mol. The monoisotopic (exact) mass is 366 g/mol. The number of hydrogen-bond acceptors (Lipinski definition) is 2. The van der Waals surface area contributed by atoms with E-state index < -0.39 is 0 Å². The van der Waals surface area contributed by atoms with Crippen LogP contribution < -0.4 is 15.5 Å². The molecule has 4 heteroatoms. The Kier molecular flexibility index (Phi) is 6.88. The molecule has 0 saturated heterocycles. The van der Waals surface area contributed by atoms with Crippen molar-refractivity contribution in [1.82, 2.24) is 0 Å². The molecule has 0 aliphatic heterocycles. The van der Waals surface area contributed by atoms with Crippen molar-refractivity contribution in [2.75, 3.05) is 24.2 Å².